The minimum absolute atomic E-state index is 0. The molecule has 6 rings (SSSR count). The van der Waals surface area contributed by atoms with Gasteiger partial charge in [-0.15, -0.1) is 12.4 Å². The molecule has 1 saturated heterocycles. The first-order valence-corrected chi connectivity index (χ1v) is 11.4. The third-order valence-electron chi connectivity index (χ3n) is 8.00. The summed E-state index contributed by atoms with van der Waals surface area (Å²) < 4.78 is 0. The zero-order valence-corrected chi connectivity index (χ0v) is 18.5. The number of piperidine rings is 1. The van der Waals surface area contributed by atoms with E-state index in [4.69, 9.17) is 5.73 Å². The molecule has 1 aromatic carbocycles. The van der Waals surface area contributed by atoms with Crippen LogP contribution in [0.4, 0.5) is 0 Å². The molecule has 0 atom stereocenters. The van der Waals surface area contributed by atoms with Gasteiger partial charge in [-0.25, -0.2) is 0 Å². The number of benzene rings is 1. The predicted octanol–water partition coefficient (Wildman–Crippen LogP) is 3.50. The lowest BCUT2D eigenvalue weighted by atomic mass is 9.49. The Kier molecular flexibility index (Phi) is 6.13. The maximum atomic E-state index is 13.1. The Hall–Kier alpha value is -1.59. The van der Waals surface area contributed by atoms with Crippen molar-refractivity contribution in [3.8, 4) is 0 Å². The van der Waals surface area contributed by atoms with Gasteiger partial charge in [0.25, 0.3) is 5.91 Å². The van der Waals surface area contributed by atoms with Gasteiger partial charge in [0.2, 0.25) is 5.91 Å². The molecule has 4 saturated carbocycles. The van der Waals surface area contributed by atoms with Crippen molar-refractivity contribution in [3.63, 3.8) is 0 Å². The second kappa shape index (κ2) is 8.51. The van der Waals surface area contributed by atoms with Gasteiger partial charge in [-0.2, -0.15) is 0 Å². The maximum absolute atomic E-state index is 13.1. The summed E-state index contributed by atoms with van der Waals surface area (Å²) in [5.41, 5.74) is 7.61. The first-order chi connectivity index (χ1) is 14.0. The van der Waals surface area contributed by atoms with Gasteiger partial charge in [-0.3, -0.25) is 9.59 Å². The third kappa shape index (κ3) is 4.11. The second-order valence-electron chi connectivity index (χ2n) is 10.2. The summed E-state index contributed by atoms with van der Waals surface area (Å²) in [6, 6.07) is 7.96. The van der Waals surface area contributed by atoms with Crippen molar-refractivity contribution < 1.29 is 9.59 Å². The number of hydrogen-bond donors (Lipinski definition) is 2. The molecule has 0 unspecified atom stereocenters. The Morgan fingerprint density at radius 2 is 1.50 bits per heavy atom. The van der Waals surface area contributed by atoms with E-state index in [0.717, 1.165) is 74.1 Å². The fourth-order valence-corrected chi connectivity index (χ4v) is 6.81. The van der Waals surface area contributed by atoms with E-state index in [1.54, 1.807) is 0 Å². The van der Waals surface area contributed by atoms with Crippen LogP contribution in [0.1, 0.15) is 67.3 Å². The highest BCUT2D eigenvalue weighted by Crippen LogP contribution is 2.60. The zero-order chi connectivity index (χ0) is 20.0. The van der Waals surface area contributed by atoms with Crippen LogP contribution in [0, 0.1) is 23.2 Å². The lowest BCUT2D eigenvalue weighted by molar-refractivity contribution is -0.146. The number of halogens is 1. The number of nitrogens with two attached hydrogens (primary N) is 1. The molecule has 5 fully saturated rings. The Bertz CT molecular complexity index is 751. The predicted molar refractivity (Wildman–Crippen MR) is 119 cm³/mol. The van der Waals surface area contributed by atoms with Gasteiger partial charge in [0, 0.05) is 36.7 Å². The highest BCUT2D eigenvalue weighted by atomic mass is 35.5. The molecule has 4 aliphatic carbocycles. The summed E-state index contributed by atoms with van der Waals surface area (Å²) in [4.78, 5) is 27.7. The van der Waals surface area contributed by atoms with Gasteiger partial charge >= 0.3 is 0 Å². The molecule has 30 heavy (non-hydrogen) atoms. The molecule has 1 aliphatic heterocycles. The molecule has 5 nitrogen and oxygen atoms in total. The van der Waals surface area contributed by atoms with Gasteiger partial charge in [0.15, 0.2) is 0 Å². The topological polar surface area (TPSA) is 75.4 Å². The normalized spacial score (nSPS) is 32.6. The van der Waals surface area contributed by atoms with E-state index in [1.165, 1.54) is 19.3 Å². The number of carbonyl (C=O) groups is 2. The van der Waals surface area contributed by atoms with Crippen LogP contribution in [0.5, 0.6) is 0 Å². The second-order valence-corrected chi connectivity index (χ2v) is 10.2. The van der Waals surface area contributed by atoms with E-state index in [2.05, 4.69) is 5.32 Å². The smallest absolute Gasteiger partial charge is 0.253 e. The highest BCUT2D eigenvalue weighted by Gasteiger charge is 2.54. The number of likely N-dealkylation sites (tertiary alicyclic amines) is 1. The molecule has 1 aromatic rings. The van der Waals surface area contributed by atoms with Gasteiger partial charge in [-0.05, 0) is 86.8 Å². The first-order valence-electron chi connectivity index (χ1n) is 11.4. The van der Waals surface area contributed by atoms with Crippen LogP contribution < -0.4 is 11.1 Å². The van der Waals surface area contributed by atoms with Crippen LogP contribution in [0.3, 0.4) is 0 Å². The van der Waals surface area contributed by atoms with Crippen molar-refractivity contribution in [2.24, 2.45) is 28.9 Å². The summed E-state index contributed by atoms with van der Waals surface area (Å²) in [6.07, 6.45) is 9.09. The average Bonchev–Trinajstić information content (AvgIpc) is 2.71. The monoisotopic (exact) mass is 431 g/mol. The van der Waals surface area contributed by atoms with E-state index in [9.17, 15) is 9.59 Å². The summed E-state index contributed by atoms with van der Waals surface area (Å²) in [7, 11) is 0. The van der Waals surface area contributed by atoms with Crippen molar-refractivity contribution in [1.29, 1.82) is 0 Å². The van der Waals surface area contributed by atoms with Crippen LogP contribution in [-0.2, 0) is 11.3 Å². The molecular formula is C24H34ClN3O2. The molecule has 164 valence electrons. The van der Waals surface area contributed by atoms with E-state index in [-0.39, 0.29) is 35.7 Å². The first kappa shape index (κ1) is 21.6. The lowest BCUT2D eigenvalue weighted by Crippen LogP contribution is -2.53. The largest absolute Gasteiger partial charge is 0.352 e. The molecular weight excluding hydrogens is 398 g/mol. The minimum atomic E-state index is -0.0975. The fraction of sp³-hybridized carbons (Fsp3) is 0.667. The van der Waals surface area contributed by atoms with Crippen LogP contribution in [0.25, 0.3) is 0 Å². The van der Waals surface area contributed by atoms with Gasteiger partial charge in [0.05, 0.1) is 0 Å². The number of amides is 2. The lowest BCUT2D eigenvalue weighted by Gasteiger charge is -2.55. The molecule has 2 amide bonds. The standard InChI is InChI=1S/C24H33N3O2.ClH/c25-21-5-7-27(8-6-21)22(28)20-3-1-16(2-4-20)15-26-23(29)24-12-17-9-18(13-24)11-19(10-17)14-24;/h1-4,17-19,21H,5-15,25H2,(H,26,29);1H. The van der Waals surface area contributed by atoms with Crippen molar-refractivity contribution >= 4 is 24.2 Å². The van der Waals surface area contributed by atoms with Gasteiger partial charge in [0.1, 0.15) is 0 Å². The molecule has 3 N–H and O–H groups in total. The minimum Gasteiger partial charge on any atom is -0.352 e. The Balaban J connectivity index is 0.00000218. The summed E-state index contributed by atoms with van der Waals surface area (Å²) in [5.74, 6) is 2.69. The molecule has 0 radical (unpaired) electrons. The van der Waals surface area contributed by atoms with Crippen LogP contribution in [-0.4, -0.2) is 35.8 Å². The van der Waals surface area contributed by atoms with E-state index < -0.39 is 0 Å². The zero-order valence-electron chi connectivity index (χ0n) is 17.6. The Morgan fingerprint density at radius 3 is 2.03 bits per heavy atom. The van der Waals surface area contributed by atoms with Crippen LogP contribution in [0.2, 0.25) is 0 Å². The molecule has 5 aliphatic rings. The number of nitrogens with one attached hydrogen (secondary N) is 1. The average molecular weight is 432 g/mol. The van der Waals surface area contributed by atoms with Crippen molar-refractivity contribution in [3.05, 3.63) is 35.4 Å². The summed E-state index contributed by atoms with van der Waals surface area (Å²) in [5, 5.41) is 3.22. The molecule has 6 heteroatoms. The number of rotatable bonds is 4. The van der Waals surface area contributed by atoms with Crippen LogP contribution >= 0.6 is 12.4 Å². The van der Waals surface area contributed by atoms with Crippen molar-refractivity contribution in [2.75, 3.05) is 13.1 Å². The van der Waals surface area contributed by atoms with Crippen molar-refractivity contribution in [1.82, 2.24) is 10.2 Å². The van der Waals surface area contributed by atoms with E-state index >= 15 is 0 Å². The molecule has 0 spiro atoms. The summed E-state index contributed by atoms with van der Waals surface area (Å²) >= 11 is 0. The maximum Gasteiger partial charge on any atom is 0.253 e. The SMILES string of the molecule is Cl.NC1CCN(C(=O)c2ccc(CNC(=O)C34CC5CC(CC(C5)C3)C4)cc2)CC1. The number of hydrogen-bond acceptors (Lipinski definition) is 3. The number of carbonyl (C=O) groups excluding carboxylic acids is 2. The van der Waals surface area contributed by atoms with Crippen LogP contribution in [0.15, 0.2) is 24.3 Å². The summed E-state index contributed by atoms with van der Waals surface area (Å²) in [6.45, 7) is 2.03. The number of nitrogens with zero attached hydrogens (tertiary/aromatic N) is 1. The molecule has 1 heterocycles. The quantitative estimate of drug-likeness (QED) is 0.765. The Labute approximate surface area is 185 Å². The Morgan fingerprint density at radius 1 is 0.967 bits per heavy atom. The fourth-order valence-electron chi connectivity index (χ4n) is 6.81. The highest BCUT2D eigenvalue weighted by molar-refractivity contribution is 5.94. The third-order valence-corrected chi connectivity index (χ3v) is 8.00. The van der Waals surface area contributed by atoms with E-state index in [0.29, 0.717) is 6.54 Å². The van der Waals surface area contributed by atoms with Crippen molar-refractivity contribution in [2.45, 2.75) is 64.0 Å². The molecule has 0 aromatic heterocycles. The molecule has 4 bridgehead atoms. The van der Waals surface area contributed by atoms with Gasteiger partial charge in [-0.1, -0.05) is 12.1 Å². The van der Waals surface area contributed by atoms with Gasteiger partial charge < -0.3 is 16.0 Å². The van der Waals surface area contributed by atoms with E-state index in [1.807, 2.05) is 29.2 Å².